The van der Waals surface area contributed by atoms with Crippen LogP contribution in [0.25, 0.3) is 0 Å². The topological polar surface area (TPSA) is 56.5 Å². The lowest BCUT2D eigenvalue weighted by atomic mass is 10.2. The van der Waals surface area contributed by atoms with Gasteiger partial charge in [-0.25, -0.2) is 5.01 Å². The molecule has 1 rings (SSSR count). The zero-order chi connectivity index (χ0) is 8.97. The van der Waals surface area contributed by atoms with E-state index in [0.717, 1.165) is 5.01 Å². The summed E-state index contributed by atoms with van der Waals surface area (Å²) in [6.45, 7) is 0. The van der Waals surface area contributed by atoms with Crippen molar-refractivity contribution in [3.8, 4) is 6.07 Å². The van der Waals surface area contributed by atoms with Gasteiger partial charge in [0.15, 0.2) is 0 Å². The van der Waals surface area contributed by atoms with E-state index in [2.05, 4.69) is 5.29 Å². The molecular formula is C8H7N3O. The Bertz CT molecular complexity index is 329. The highest BCUT2D eigenvalue weighted by atomic mass is 16.3. The van der Waals surface area contributed by atoms with E-state index in [1.807, 2.05) is 6.07 Å². The zero-order valence-corrected chi connectivity index (χ0v) is 6.56. The Morgan fingerprint density at radius 3 is 2.75 bits per heavy atom. The number of nitroso groups, excluding NO2 is 1. The molecule has 0 spiro atoms. The summed E-state index contributed by atoms with van der Waals surface area (Å²) in [4.78, 5) is 10.1. The number of hydrogen-bond donors (Lipinski definition) is 0. The van der Waals surface area contributed by atoms with E-state index < -0.39 is 0 Å². The highest BCUT2D eigenvalue weighted by molar-refractivity contribution is 5.57. The third-order valence-electron chi connectivity index (χ3n) is 1.50. The molecule has 0 saturated heterocycles. The third-order valence-corrected chi connectivity index (χ3v) is 1.50. The molecule has 60 valence electrons. The van der Waals surface area contributed by atoms with Gasteiger partial charge in [0.2, 0.25) is 0 Å². The molecule has 0 amide bonds. The van der Waals surface area contributed by atoms with Crippen LogP contribution in [0.1, 0.15) is 5.56 Å². The summed E-state index contributed by atoms with van der Waals surface area (Å²) in [5.74, 6) is 0. The van der Waals surface area contributed by atoms with Crippen LogP contribution in [0.4, 0.5) is 5.69 Å². The Hall–Kier alpha value is -1.89. The molecule has 0 aliphatic heterocycles. The average molecular weight is 161 g/mol. The normalized spacial score (nSPS) is 8.67. The van der Waals surface area contributed by atoms with Crippen LogP contribution in [-0.4, -0.2) is 7.05 Å². The molecule has 0 radical (unpaired) electrons. The number of para-hydroxylation sites is 1. The largest absolute Gasteiger partial charge is 0.231 e. The summed E-state index contributed by atoms with van der Waals surface area (Å²) in [7, 11) is 1.50. The maximum atomic E-state index is 10.1. The predicted octanol–water partition coefficient (Wildman–Crippen LogP) is 1.68. The molecular weight excluding hydrogens is 154 g/mol. The Kier molecular flexibility index (Phi) is 2.38. The van der Waals surface area contributed by atoms with E-state index in [9.17, 15) is 4.91 Å². The summed E-state index contributed by atoms with van der Waals surface area (Å²) < 4.78 is 0. The second kappa shape index (κ2) is 3.49. The molecule has 4 heteroatoms. The molecule has 0 saturated carbocycles. The average Bonchev–Trinajstić information content (AvgIpc) is 2.16. The summed E-state index contributed by atoms with van der Waals surface area (Å²) >= 11 is 0. The van der Waals surface area contributed by atoms with Gasteiger partial charge in [0, 0.05) is 7.05 Å². The van der Waals surface area contributed by atoms with Crippen molar-refractivity contribution in [2.75, 3.05) is 12.1 Å². The molecule has 0 N–H and O–H groups in total. The van der Waals surface area contributed by atoms with Crippen molar-refractivity contribution < 1.29 is 0 Å². The van der Waals surface area contributed by atoms with Gasteiger partial charge in [-0.1, -0.05) is 12.1 Å². The Balaban J connectivity index is 3.15. The minimum Gasteiger partial charge on any atom is -0.231 e. The van der Waals surface area contributed by atoms with Crippen molar-refractivity contribution >= 4 is 5.69 Å². The van der Waals surface area contributed by atoms with Gasteiger partial charge in [-0.2, -0.15) is 5.26 Å². The smallest absolute Gasteiger partial charge is 0.101 e. The van der Waals surface area contributed by atoms with Gasteiger partial charge in [0.05, 0.1) is 16.5 Å². The Morgan fingerprint density at radius 2 is 2.17 bits per heavy atom. The van der Waals surface area contributed by atoms with Crippen LogP contribution in [0.3, 0.4) is 0 Å². The molecule has 12 heavy (non-hydrogen) atoms. The number of rotatable bonds is 2. The van der Waals surface area contributed by atoms with Crippen molar-refractivity contribution in [3.05, 3.63) is 34.7 Å². The van der Waals surface area contributed by atoms with Gasteiger partial charge < -0.3 is 0 Å². The van der Waals surface area contributed by atoms with Gasteiger partial charge in [0.25, 0.3) is 0 Å². The van der Waals surface area contributed by atoms with Crippen molar-refractivity contribution in [2.45, 2.75) is 0 Å². The molecule has 0 aromatic heterocycles. The summed E-state index contributed by atoms with van der Waals surface area (Å²) in [5.41, 5.74) is 0.967. The van der Waals surface area contributed by atoms with E-state index in [4.69, 9.17) is 5.26 Å². The van der Waals surface area contributed by atoms with Crippen LogP contribution in [0.2, 0.25) is 0 Å². The van der Waals surface area contributed by atoms with Gasteiger partial charge in [0.1, 0.15) is 6.07 Å². The van der Waals surface area contributed by atoms with Crippen LogP contribution in [0.5, 0.6) is 0 Å². The fourth-order valence-corrected chi connectivity index (χ4v) is 0.894. The summed E-state index contributed by atoms with van der Waals surface area (Å²) in [5, 5.41) is 12.5. The van der Waals surface area contributed by atoms with E-state index in [0.29, 0.717) is 11.3 Å². The summed E-state index contributed by atoms with van der Waals surface area (Å²) in [6, 6.07) is 8.76. The molecule has 0 aliphatic rings. The van der Waals surface area contributed by atoms with E-state index in [-0.39, 0.29) is 0 Å². The lowest BCUT2D eigenvalue weighted by molar-refractivity contribution is 1.00. The standard InChI is InChI=1S/C8H7N3O/c1-11(10-12)8-5-3-2-4-7(8)6-9/h2-5H,1H3. The first-order valence-corrected chi connectivity index (χ1v) is 3.35. The summed E-state index contributed by atoms with van der Waals surface area (Å²) in [6.07, 6.45) is 0. The van der Waals surface area contributed by atoms with Gasteiger partial charge in [-0.15, -0.1) is 4.91 Å². The number of hydrogen-bond acceptors (Lipinski definition) is 3. The lowest BCUT2D eigenvalue weighted by Crippen LogP contribution is -2.08. The highest BCUT2D eigenvalue weighted by Crippen LogP contribution is 2.17. The van der Waals surface area contributed by atoms with E-state index in [1.54, 1.807) is 24.3 Å². The molecule has 0 unspecified atom stereocenters. The minimum atomic E-state index is 0.444. The van der Waals surface area contributed by atoms with Crippen LogP contribution in [-0.2, 0) is 0 Å². The number of benzene rings is 1. The molecule has 1 aromatic carbocycles. The molecule has 0 bridgehead atoms. The SMILES string of the molecule is CN(N=O)c1ccccc1C#N. The fourth-order valence-electron chi connectivity index (χ4n) is 0.894. The molecule has 0 atom stereocenters. The highest BCUT2D eigenvalue weighted by Gasteiger charge is 2.04. The van der Waals surface area contributed by atoms with Crippen LogP contribution in [0.15, 0.2) is 29.6 Å². The third kappa shape index (κ3) is 1.40. The lowest BCUT2D eigenvalue weighted by Gasteiger charge is -2.08. The molecule has 4 nitrogen and oxygen atoms in total. The van der Waals surface area contributed by atoms with Gasteiger partial charge >= 0.3 is 0 Å². The second-order valence-electron chi connectivity index (χ2n) is 2.23. The Morgan fingerprint density at radius 1 is 1.50 bits per heavy atom. The fraction of sp³-hybridized carbons (Fsp3) is 0.125. The van der Waals surface area contributed by atoms with Crippen LogP contribution in [0, 0.1) is 16.2 Å². The zero-order valence-electron chi connectivity index (χ0n) is 6.56. The first kappa shape index (κ1) is 8.21. The van der Waals surface area contributed by atoms with Gasteiger partial charge in [-0.05, 0) is 12.1 Å². The van der Waals surface area contributed by atoms with E-state index in [1.165, 1.54) is 7.05 Å². The Labute approximate surface area is 70.0 Å². The van der Waals surface area contributed by atoms with Crippen molar-refractivity contribution in [3.63, 3.8) is 0 Å². The molecule has 0 aliphatic carbocycles. The number of nitriles is 1. The quantitative estimate of drug-likeness (QED) is 0.489. The second-order valence-corrected chi connectivity index (χ2v) is 2.23. The van der Waals surface area contributed by atoms with Crippen LogP contribution < -0.4 is 5.01 Å². The first-order chi connectivity index (χ1) is 5.79. The van der Waals surface area contributed by atoms with Crippen molar-refractivity contribution in [1.29, 1.82) is 5.26 Å². The molecule has 0 heterocycles. The maximum absolute atomic E-state index is 10.1. The van der Waals surface area contributed by atoms with Crippen molar-refractivity contribution in [2.24, 2.45) is 5.29 Å². The number of anilines is 1. The number of nitrogens with zero attached hydrogens (tertiary/aromatic N) is 3. The minimum absolute atomic E-state index is 0.444. The molecule has 1 aromatic rings. The molecule has 0 fully saturated rings. The first-order valence-electron chi connectivity index (χ1n) is 3.35. The van der Waals surface area contributed by atoms with Crippen molar-refractivity contribution in [1.82, 2.24) is 0 Å². The van der Waals surface area contributed by atoms with E-state index >= 15 is 0 Å². The monoisotopic (exact) mass is 161 g/mol. The maximum Gasteiger partial charge on any atom is 0.101 e. The predicted molar refractivity (Wildman–Crippen MR) is 45.4 cm³/mol. The van der Waals surface area contributed by atoms with Gasteiger partial charge in [-0.3, -0.25) is 0 Å². The van der Waals surface area contributed by atoms with Crippen LogP contribution >= 0.6 is 0 Å².